The third-order valence-corrected chi connectivity index (χ3v) is 5.77. The minimum atomic E-state index is -0.294. The van der Waals surface area contributed by atoms with E-state index >= 15 is 0 Å². The SMILES string of the molecule is N#CC1CCCN1C(=O)CN1CCC(Oc2ccccc2C(=O)Nc2ccccc2)C1. The van der Waals surface area contributed by atoms with Gasteiger partial charge < -0.3 is 15.0 Å². The molecule has 2 fully saturated rings. The Labute approximate surface area is 182 Å². The molecule has 7 nitrogen and oxygen atoms in total. The van der Waals surface area contributed by atoms with Crippen molar-refractivity contribution < 1.29 is 14.3 Å². The average Bonchev–Trinajstić information content (AvgIpc) is 3.44. The molecule has 2 saturated heterocycles. The summed E-state index contributed by atoms with van der Waals surface area (Å²) in [5, 5.41) is 12.1. The first-order valence-corrected chi connectivity index (χ1v) is 10.7. The maximum Gasteiger partial charge on any atom is 0.259 e. The number of hydrogen-bond donors (Lipinski definition) is 1. The van der Waals surface area contributed by atoms with Crippen molar-refractivity contribution in [1.82, 2.24) is 9.80 Å². The van der Waals surface area contributed by atoms with Crippen molar-refractivity contribution in [2.24, 2.45) is 0 Å². The van der Waals surface area contributed by atoms with Gasteiger partial charge in [0, 0.05) is 25.3 Å². The zero-order valence-corrected chi connectivity index (χ0v) is 17.4. The Hall–Kier alpha value is -3.37. The van der Waals surface area contributed by atoms with E-state index in [4.69, 9.17) is 4.74 Å². The van der Waals surface area contributed by atoms with Gasteiger partial charge in [0.25, 0.3) is 5.91 Å². The summed E-state index contributed by atoms with van der Waals surface area (Å²) in [6.45, 7) is 2.33. The zero-order chi connectivity index (χ0) is 21.6. The van der Waals surface area contributed by atoms with Crippen molar-refractivity contribution >= 4 is 17.5 Å². The number of carbonyl (C=O) groups excluding carboxylic acids is 2. The number of nitrogens with one attached hydrogen (secondary N) is 1. The Balaban J connectivity index is 1.35. The van der Waals surface area contributed by atoms with Crippen molar-refractivity contribution in [3.05, 3.63) is 60.2 Å². The van der Waals surface area contributed by atoms with E-state index in [9.17, 15) is 14.9 Å². The molecule has 0 bridgehead atoms. The maximum atomic E-state index is 12.7. The molecular weight excluding hydrogens is 392 g/mol. The molecule has 160 valence electrons. The molecule has 0 spiro atoms. The van der Waals surface area contributed by atoms with Crippen molar-refractivity contribution in [3.8, 4) is 11.8 Å². The third kappa shape index (κ3) is 5.04. The fourth-order valence-corrected chi connectivity index (χ4v) is 4.17. The van der Waals surface area contributed by atoms with Crippen LogP contribution < -0.4 is 10.1 Å². The molecule has 0 aliphatic carbocycles. The molecule has 2 heterocycles. The van der Waals surface area contributed by atoms with Gasteiger partial charge in [-0.2, -0.15) is 5.26 Å². The van der Waals surface area contributed by atoms with Crippen LogP contribution in [-0.4, -0.2) is 59.9 Å². The number of nitriles is 1. The lowest BCUT2D eigenvalue weighted by Gasteiger charge is -2.23. The van der Waals surface area contributed by atoms with Gasteiger partial charge >= 0.3 is 0 Å². The molecule has 2 aromatic rings. The Morgan fingerprint density at radius 3 is 2.65 bits per heavy atom. The van der Waals surface area contributed by atoms with E-state index in [0.717, 1.165) is 31.5 Å². The van der Waals surface area contributed by atoms with Crippen LogP contribution in [0.15, 0.2) is 54.6 Å². The first-order chi connectivity index (χ1) is 15.1. The molecule has 2 amide bonds. The van der Waals surface area contributed by atoms with Gasteiger partial charge in [0.15, 0.2) is 0 Å². The summed E-state index contributed by atoms with van der Waals surface area (Å²) in [6.07, 6.45) is 2.33. The summed E-state index contributed by atoms with van der Waals surface area (Å²) < 4.78 is 6.17. The zero-order valence-electron chi connectivity index (χ0n) is 17.4. The topological polar surface area (TPSA) is 85.7 Å². The molecule has 0 saturated carbocycles. The summed E-state index contributed by atoms with van der Waals surface area (Å²) in [5.41, 5.74) is 1.21. The molecule has 7 heteroatoms. The van der Waals surface area contributed by atoms with Crippen molar-refractivity contribution in [3.63, 3.8) is 0 Å². The smallest absolute Gasteiger partial charge is 0.259 e. The first-order valence-electron chi connectivity index (χ1n) is 10.7. The van der Waals surface area contributed by atoms with Crippen LogP contribution in [0.3, 0.4) is 0 Å². The second-order valence-corrected chi connectivity index (χ2v) is 7.95. The van der Waals surface area contributed by atoms with E-state index < -0.39 is 0 Å². The van der Waals surface area contributed by atoms with E-state index in [1.807, 2.05) is 42.5 Å². The highest BCUT2D eigenvalue weighted by atomic mass is 16.5. The molecule has 0 radical (unpaired) electrons. The number of carbonyl (C=O) groups is 2. The van der Waals surface area contributed by atoms with Crippen LogP contribution in [0.4, 0.5) is 5.69 Å². The third-order valence-electron chi connectivity index (χ3n) is 5.77. The number of ether oxygens (including phenoxy) is 1. The molecule has 2 unspecified atom stereocenters. The minimum absolute atomic E-state index is 0.00680. The van der Waals surface area contributed by atoms with Crippen molar-refractivity contribution in [2.75, 3.05) is 31.5 Å². The fraction of sp³-hybridized carbons (Fsp3) is 0.375. The summed E-state index contributed by atoms with van der Waals surface area (Å²) in [7, 11) is 0. The predicted molar refractivity (Wildman–Crippen MR) is 117 cm³/mol. The standard InChI is InChI=1S/C24H26N4O3/c25-15-19-9-6-13-28(19)23(29)17-27-14-12-20(16-27)31-22-11-5-4-10-21(22)24(30)26-18-7-2-1-3-8-18/h1-5,7-8,10-11,19-20H,6,9,12-14,16-17H2,(H,26,30). The predicted octanol–water partition coefficient (Wildman–Crippen LogP) is 2.91. The first kappa shape index (κ1) is 20.9. The van der Waals surface area contributed by atoms with E-state index in [1.54, 1.807) is 17.0 Å². The highest BCUT2D eigenvalue weighted by Crippen LogP contribution is 2.24. The number of amides is 2. The van der Waals surface area contributed by atoms with E-state index in [1.165, 1.54) is 0 Å². The summed E-state index contributed by atoms with van der Waals surface area (Å²) >= 11 is 0. The Bertz CT molecular complexity index is 972. The van der Waals surface area contributed by atoms with E-state index in [0.29, 0.717) is 30.9 Å². The molecule has 2 aliphatic rings. The lowest BCUT2D eigenvalue weighted by atomic mass is 10.1. The van der Waals surface area contributed by atoms with Crippen LogP contribution in [0.25, 0.3) is 0 Å². The lowest BCUT2D eigenvalue weighted by molar-refractivity contribution is -0.132. The lowest BCUT2D eigenvalue weighted by Crippen LogP contribution is -2.42. The molecule has 2 atom stereocenters. The second kappa shape index (κ2) is 9.63. The van der Waals surface area contributed by atoms with Gasteiger partial charge in [-0.1, -0.05) is 30.3 Å². The molecular formula is C24H26N4O3. The molecule has 31 heavy (non-hydrogen) atoms. The minimum Gasteiger partial charge on any atom is -0.488 e. The van der Waals surface area contributed by atoms with Crippen molar-refractivity contribution in [1.29, 1.82) is 5.26 Å². The number of hydrogen-bond acceptors (Lipinski definition) is 5. The number of anilines is 1. The number of nitrogens with zero attached hydrogens (tertiary/aromatic N) is 3. The van der Waals surface area contributed by atoms with Gasteiger partial charge in [-0.05, 0) is 43.5 Å². The number of benzene rings is 2. The van der Waals surface area contributed by atoms with Gasteiger partial charge in [-0.3, -0.25) is 14.5 Å². The average molecular weight is 418 g/mol. The van der Waals surface area contributed by atoms with Gasteiger partial charge in [-0.15, -0.1) is 0 Å². The quantitative estimate of drug-likeness (QED) is 0.780. The van der Waals surface area contributed by atoms with E-state index in [-0.39, 0.29) is 24.0 Å². The maximum absolute atomic E-state index is 12.7. The van der Waals surface area contributed by atoms with Crippen molar-refractivity contribution in [2.45, 2.75) is 31.4 Å². The highest BCUT2D eigenvalue weighted by molar-refractivity contribution is 6.06. The number of likely N-dealkylation sites (tertiary alicyclic amines) is 2. The normalized spacial score (nSPS) is 20.9. The molecule has 2 aromatic carbocycles. The summed E-state index contributed by atoms with van der Waals surface area (Å²) in [5.74, 6) is 0.328. The number of para-hydroxylation sites is 2. The van der Waals surface area contributed by atoms with Crippen LogP contribution >= 0.6 is 0 Å². The summed E-state index contributed by atoms with van der Waals surface area (Å²) in [6, 6.07) is 18.4. The highest BCUT2D eigenvalue weighted by Gasteiger charge is 2.32. The van der Waals surface area contributed by atoms with Gasteiger partial charge in [0.05, 0.1) is 18.2 Å². The largest absolute Gasteiger partial charge is 0.488 e. The van der Waals surface area contributed by atoms with Gasteiger partial charge in [-0.25, -0.2) is 0 Å². The number of rotatable bonds is 6. The monoisotopic (exact) mass is 418 g/mol. The second-order valence-electron chi connectivity index (χ2n) is 7.95. The van der Waals surface area contributed by atoms with Crippen LogP contribution in [-0.2, 0) is 4.79 Å². The Kier molecular flexibility index (Phi) is 6.48. The van der Waals surface area contributed by atoms with E-state index in [2.05, 4.69) is 16.3 Å². The van der Waals surface area contributed by atoms with Crippen LogP contribution in [0.5, 0.6) is 5.75 Å². The van der Waals surface area contributed by atoms with Crippen LogP contribution in [0, 0.1) is 11.3 Å². The Morgan fingerprint density at radius 2 is 1.84 bits per heavy atom. The molecule has 0 aromatic heterocycles. The molecule has 2 aliphatic heterocycles. The van der Waals surface area contributed by atoms with Gasteiger partial charge in [0.2, 0.25) is 5.91 Å². The van der Waals surface area contributed by atoms with Crippen LogP contribution in [0.2, 0.25) is 0 Å². The fourth-order valence-electron chi connectivity index (χ4n) is 4.17. The molecule has 4 rings (SSSR count). The van der Waals surface area contributed by atoms with Gasteiger partial charge in [0.1, 0.15) is 17.9 Å². The molecule has 1 N–H and O–H groups in total. The summed E-state index contributed by atoms with van der Waals surface area (Å²) in [4.78, 5) is 29.1. The Morgan fingerprint density at radius 1 is 1.06 bits per heavy atom. The van der Waals surface area contributed by atoms with Crippen LogP contribution in [0.1, 0.15) is 29.6 Å².